The van der Waals surface area contributed by atoms with Crippen molar-refractivity contribution in [2.75, 3.05) is 23.3 Å². The molecule has 1 N–H and O–H groups in total. The van der Waals surface area contributed by atoms with E-state index in [9.17, 15) is 14.4 Å². The summed E-state index contributed by atoms with van der Waals surface area (Å²) in [5.41, 5.74) is 4.32. The Hall–Kier alpha value is -4.39. The molecule has 2 aliphatic rings. The largest absolute Gasteiger partial charge is 0.445 e. The van der Waals surface area contributed by atoms with Gasteiger partial charge in [0.1, 0.15) is 12.6 Å². The second-order valence-corrected chi connectivity index (χ2v) is 8.86. The molecule has 7 heteroatoms. The number of nitrogens with zero attached hydrogens (tertiary/aromatic N) is 2. The number of carbonyl (C=O) groups is 3. The van der Waals surface area contributed by atoms with Crippen LogP contribution in [0.15, 0.2) is 91.0 Å². The van der Waals surface area contributed by atoms with Crippen LogP contribution in [0.5, 0.6) is 0 Å². The third kappa shape index (κ3) is 5.15. The molecule has 1 fully saturated rings. The zero-order valence-electron chi connectivity index (χ0n) is 19.8. The number of likely N-dealkylation sites (tertiary alicyclic amines) is 1. The van der Waals surface area contributed by atoms with Crippen LogP contribution in [-0.4, -0.2) is 41.9 Å². The van der Waals surface area contributed by atoms with Crippen LogP contribution in [-0.2, 0) is 20.9 Å². The maximum Gasteiger partial charge on any atom is 0.410 e. The van der Waals surface area contributed by atoms with E-state index in [0.717, 1.165) is 28.8 Å². The van der Waals surface area contributed by atoms with E-state index in [1.54, 1.807) is 11.0 Å². The van der Waals surface area contributed by atoms with Crippen molar-refractivity contribution in [2.45, 2.75) is 25.5 Å². The molecular weight excluding hydrogens is 454 g/mol. The lowest BCUT2D eigenvalue weighted by Gasteiger charge is -2.23. The zero-order valence-corrected chi connectivity index (χ0v) is 19.8. The molecule has 0 unspecified atom stereocenters. The summed E-state index contributed by atoms with van der Waals surface area (Å²) >= 11 is 0. The molecular formula is C29H27N3O4. The summed E-state index contributed by atoms with van der Waals surface area (Å²) in [6.07, 6.45) is 4.29. The number of hydrogen-bond donors (Lipinski definition) is 1. The number of anilines is 2. The number of hydrogen-bond acceptors (Lipinski definition) is 4. The Balaban J connectivity index is 1.22. The first-order chi connectivity index (χ1) is 17.6. The minimum absolute atomic E-state index is 0.0163. The Morgan fingerprint density at radius 3 is 2.50 bits per heavy atom. The Morgan fingerprint density at radius 1 is 0.944 bits per heavy atom. The second kappa shape index (κ2) is 10.5. The van der Waals surface area contributed by atoms with Gasteiger partial charge >= 0.3 is 6.09 Å². The average molecular weight is 482 g/mol. The van der Waals surface area contributed by atoms with Crippen molar-refractivity contribution in [1.29, 1.82) is 0 Å². The minimum atomic E-state index is -0.567. The first-order valence-corrected chi connectivity index (χ1v) is 12.1. The topological polar surface area (TPSA) is 79.0 Å². The van der Waals surface area contributed by atoms with Gasteiger partial charge in [0.05, 0.1) is 0 Å². The molecule has 0 bridgehead atoms. The molecule has 2 heterocycles. The highest BCUT2D eigenvalue weighted by Gasteiger charge is 2.35. The second-order valence-electron chi connectivity index (χ2n) is 8.86. The molecule has 3 aromatic carbocycles. The lowest BCUT2D eigenvalue weighted by Crippen LogP contribution is -2.43. The predicted octanol–water partition coefficient (Wildman–Crippen LogP) is 5.00. The highest BCUT2D eigenvalue weighted by molar-refractivity contribution is 6.04. The molecule has 0 aromatic heterocycles. The SMILES string of the molecule is O=C(Nc1cccc(-c2ccc(N3CC=CC3=O)cc2)c1)[C@@H]1CCCN1C(=O)OCc1ccccc1. The quantitative estimate of drug-likeness (QED) is 0.538. The zero-order chi connectivity index (χ0) is 24.9. The Kier molecular flexibility index (Phi) is 6.80. The molecule has 0 saturated carbocycles. The van der Waals surface area contributed by atoms with Crippen LogP contribution < -0.4 is 10.2 Å². The fraction of sp³-hybridized carbons (Fsp3) is 0.207. The van der Waals surface area contributed by atoms with Gasteiger partial charge < -0.3 is 15.0 Å². The van der Waals surface area contributed by atoms with Crippen LogP contribution in [0.2, 0.25) is 0 Å². The molecule has 36 heavy (non-hydrogen) atoms. The molecule has 182 valence electrons. The fourth-order valence-electron chi connectivity index (χ4n) is 4.57. The van der Waals surface area contributed by atoms with Crippen molar-refractivity contribution >= 4 is 29.3 Å². The van der Waals surface area contributed by atoms with E-state index in [4.69, 9.17) is 4.74 Å². The molecule has 0 aliphatic carbocycles. The van der Waals surface area contributed by atoms with Gasteiger partial charge in [-0.25, -0.2) is 4.79 Å². The van der Waals surface area contributed by atoms with Crippen LogP contribution in [0.1, 0.15) is 18.4 Å². The molecule has 7 nitrogen and oxygen atoms in total. The minimum Gasteiger partial charge on any atom is -0.445 e. The molecule has 1 atom stereocenters. The van der Waals surface area contributed by atoms with Crippen molar-refractivity contribution in [2.24, 2.45) is 0 Å². The van der Waals surface area contributed by atoms with Gasteiger partial charge in [-0.3, -0.25) is 14.5 Å². The van der Waals surface area contributed by atoms with E-state index >= 15 is 0 Å². The fourth-order valence-corrected chi connectivity index (χ4v) is 4.57. The summed E-state index contributed by atoms with van der Waals surface area (Å²) in [5, 5.41) is 2.97. The lowest BCUT2D eigenvalue weighted by molar-refractivity contribution is -0.120. The molecule has 3 aromatic rings. The molecule has 5 rings (SSSR count). The van der Waals surface area contributed by atoms with Crippen LogP contribution in [0.4, 0.5) is 16.2 Å². The van der Waals surface area contributed by atoms with E-state index in [1.807, 2.05) is 84.9 Å². The van der Waals surface area contributed by atoms with Crippen LogP contribution >= 0.6 is 0 Å². The standard InChI is InChI=1S/C29H27N3O4/c33-27-12-6-17-31(27)25-15-13-22(14-16-25)23-9-4-10-24(19-23)30-28(34)26-11-5-18-32(26)29(35)36-20-21-7-2-1-3-8-21/h1-4,6-10,12-16,19,26H,5,11,17-18,20H2,(H,30,34)/t26-/m0/s1. The number of carbonyl (C=O) groups excluding carboxylic acids is 3. The molecule has 0 radical (unpaired) electrons. The Morgan fingerprint density at radius 2 is 1.75 bits per heavy atom. The maximum atomic E-state index is 13.1. The Bertz CT molecular complexity index is 1290. The third-order valence-corrected chi connectivity index (χ3v) is 6.45. The van der Waals surface area contributed by atoms with E-state index in [1.165, 1.54) is 4.90 Å². The summed E-state index contributed by atoms with van der Waals surface area (Å²) in [6.45, 7) is 1.25. The highest BCUT2D eigenvalue weighted by atomic mass is 16.6. The number of ether oxygens (including phenoxy) is 1. The maximum absolute atomic E-state index is 13.1. The van der Waals surface area contributed by atoms with Gasteiger partial charge in [0.15, 0.2) is 0 Å². The third-order valence-electron chi connectivity index (χ3n) is 6.45. The van der Waals surface area contributed by atoms with Gasteiger partial charge in [0, 0.05) is 30.5 Å². The molecule has 3 amide bonds. The van der Waals surface area contributed by atoms with E-state index in [2.05, 4.69) is 5.32 Å². The van der Waals surface area contributed by atoms with Gasteiger partial charge in [-0.2, -0.15) is 0 Å². The van der Waals surface area contributed by atoms with Crippen molar-refractivity contribution in [3.05, 3.63) is 96.6 Å². The number of benzene rings is 3. The number of amides is 3. The number of rotatable bonds is 6. The monoisotopic (exact) mass is 481 g/mol. The first-order valence-electron chi connectivity index (χ1n) is 12.1. The highest BCUT2D eigenvalue weighted by Crippen LogP contribution is 2.27. The van der Waals surface area contributed by atoms with E-state index in [0.29, 0.717) is 25.2 Å². The Labute approximate surface area is 210 Å². The summed E-state index contributed by atoms with van der Waals surface area (Å²) in [6, 6.07) is 24.3. The summed E-state index contributed by atoms with van der Waals surface area (Å²) in [7, 11) is 0. The van der Waals surface area contributed by atoms with Crippen LogP contribution in [0, 0.1) is 0 Å². The smallest absolute Gasteiger partial charge is 0.410 e. The van der Waals surface area contributed by atoms with Gasteiger partial charge in [-0.15, -0.1) is 0 Å². The van der Waals surface area contributed by atoms with Crippen molar-refractivity contribution in [3.8, 4) is 11.1 Å². The van der Waals surface area contributed by atoms with Crippen molar-refractivity contribution in [1.82, 2.24) is 4.90 Å². The van der Waals surface area contributed by atoms with Crippen LogP contribution in [0.25, 0.3) is 11.1 Å². The molecule has 1 saturated heterocycles. The van der Waals surface area contributed by atoms with Crippen LogP contribution in [0.3, 0.4) is 0 Å². The molecule has 0 spiro atoms. The van der Waals surface area contributed by atoms with Crippen molar-refractivity contribution < 1.29 is 19.1 Å². The normalized spacial score (nSPS) is 16.9. The summed E-state index contributed by atoms with van der Waals surface area (Å²) < 4.78 is 5.45. The lowest BCUT2D eigenvalue weighted by atomic mass is 10.0. The summed E-state index contributed by atoms with van der Waals surface area (Å²) in [5.74, 6) is -0.242. The van der Waals surface area contributed by atoms with Gasteiger partial charge in [-0.1, -0.05) is 60.7 Å². The van der Waals surface area contributed by atoms with E-state index < -0.39 is 12.1 Å². The summed E-state index contributed by atoms with van der Waals surface area (Å²) in [4.78, 5) is 40.9. The van der Waals surface area contributed by atoms with Crippen molar-refractivity contribution in [3.63, 3.8) is 0 Å². The van der Waals surface area contributed by atoms with Gasteiger partial charge in [0.25, 0.3) is 5.91 Å². The first kappa shape index (κ1) is 23.4. The van der Waals surface area contributed by atoms with Gasteiger partial charge in [-0.05, 0) is 53.8 Å². The average Bonchev–Trinajstić information content (AvgIpc) is 3.58. The molecule has 2 aliphatic heterocycles. The van der Waals surface area contributed by atoms with E-state index in [-0.39, 0.29) is 18.4 Å². The predicted molar refractivity (Wildman–Crippen MR) is 138 cm³/mol. The number of nitrogens with one attached hydrogen (secondary N) is 1. The van der Waals surface area contributed by atoms with Gasteiger partial charge in [0.2, 0.25) is 5.91 Å².